The Morgan fingerprint density at radius 3 is 3.17 bits per heavy atom. The molecule has 0 aliphatic carbocycles. The summed E-state index contributed by atoms with van der Waals surface area (Å²) >= 11 is 0. The van der Waals surface area contributed by atoms with Crippen molar-refractivity contribution in [2.45, 2.75) is 25.8 Å². The number of pyridine rings is 1. The summed E-state index contributed by atoms with van der Waals surface area (Å²) in [4.78, 5) is 17.9. The van der Waals surface area contributed by atoms with Gasteiger partial charge < -0.3 is 4.40 Å². The Labute approximate surface area is 106 Å². The van der Waals surface area contributed by atoms with Gasteiger partial charge in [-0.3, -0.25) is 9.69 Å². The third-order valence-electron chi connectivity index (χ3n) is 3.78. The molecule has 1 fully saturated rings. The van der Waals surface area contributed by atoms with Crippen molar-refractivity contribution in [1.29, 1.82) is 0 Å². The van der Waals surface area contributed by atoms with Gasteiger partial charge in [0, 0.05) is 11.8 Å². The molecule has 94 valence electrons. The molecule has 3 heterocycles. The molecule has 1 aliphatic rings. The monoisotopic (exact) mass is 243 g/mol. The zero-order valence-corrected chi connectivity index (χ0v) is 10.5. The van der Waals surface area contributed by atoms with Gasteiger partial charge in [-0.15, -0.1) is 0 Å². The van der Waals surface area contributed by atoms with E-state index >= 15 is 0 Å². The van der Waals surface area contributed by atoms with E-state index in [0.29, 0.717) is 11.6 Å². The van der Waals surface area contributed by atoms with Crippen LogP contribution in [0.4, 0.5) is 0 Å². The highest BCUT2D eigenvalue weighted by molar-refractivity contribution is 5.75. The Balaban J connectivity index is 2.08. The lowest BCUT2D eigenvalue weighted by Gasteiger charge is -2.21. The molecule has 1 atom stereocenters. The van der Waals surface area contributed by atoms with Crippen molar-refractivity contribution in [3.05, 3.63) is 35.9 Å². The van der Waals surface area contributed by atoms with E-state index in [9.17, 15) is 4.79 Å². The largest absolute Gasteiger partial charge is 0.302 e. The number of imidazole rings is 1. The summed E-state index contributed by atoms with van der Waals surface area (Å²) in [6, 6.07) is 4.17. The van der Waals surface area contributed by atoms with Crippen molar-refractivity contribution in [3.63, 3.8) is 0 Å². The molecule has 2 aromatic rings. The molecule has 4 heteroatoms. The molecule has 0 N–H and O–H groups in total. The number of rotatable bonds is 3. The van der Waals surface area contributed by atoms with Crippen LogP contribution in [0.15, 0.2) is 24.5 Å². The highest BCUT2D eigenvalue weighted by Crippen LogP contribution is 2.31. The van der Waals surface area contributed by atoms with Crippen LogP contribution in [0.25, 0.3) is 5.52 Å². The van der Waals surface area contributed by atoms with Gasteiger partial charge in [-0.2, -0.15) is 0 Å². The number of aldehydes is 1. The zero-order chi connectivity index (χ0) is 12.5. The van der Waals surface area contributed by atoms with Crippen molar-refractivity contribution in [2.24, 2.45) is 0 Å². The van der Waals surface area contributed by atoms with Crippen LogP contribution in [0, 0.1) is 0 Å². The summed E-state index contributed by atoms with van der Waals surface area (Å²) in [5.41, 5.74) is 1.75. The first-order valence-corrected chi connectivity index (χ1v) is 6.49. The maximum atomic E-state index is 10.9. The fraction of sp³-hybridized carbons (Fsp3) is 0.429. The number of nitrogens with zero attached hydrogens (tertiary/aromatic N) is 3. The summed E-state index contributed by atoms with van der Waals surface area (Å²) in [6.07, 6.45) is 7.03. The Kier molecular flexibility index (Phi) is 2.88. The van der Waals surface area contributed by atoms with Crippen LogP contribution >= 0.6 is 0 Å². The van der Waals surface area contributed by atoms with E-state index in [-0.39, 0.29) is 0 Å². The van der Waals surface area contributed by atoms with E-state index < -0.39 is 0 Å². The van der Waals surface area contributed by atoms with E-state index in [1.165, 1.54) is 6.42 Å². The van der Waals surface area contributed by atoms with E-state index in [2.05, 4.69) is 21.2 Å². The SMILES string of the molecule is CCN1CCCC1c1ncc2ccc(C=O)cn12. The second kappa shape index (κ2) is 4.53. The van der Waals surface area contributed by atoms with Crippen LogP contribution < -0.4 is 0 Å². The van der Waals surface area contributed by atoms with Crippen LogP contribution in [0.5, 0.6) is 0 Å². The minimum Gasteiger partial charge on any atom is -0.302 e. The maximum absolute atomic E-state index is 10.9. The van der Waals surface area contributed by atoms with Gasteiger partial charge in [0.25, 0.3) is 0 Å². The van der Waals surface area contributed by atoms with Crippen LogP contribution in [-0.2, 0) is 0 Å². The molecule has 0 saturated carbocycles. The zero-order valence-electron chi connectivity index (χ0n) is 10.5. The molecular formula is C14H17N3O. The molecular weight excluding hydrogens is 226 g/mol. The van der Waals surface area contributed by atoms with Gasteiger partial charge in [0.2, 0.25) is 0 Å². The van der Waals surface area contributed by atoms with Crippen molar-refractivity contribution in [2.75, 3.05) is 13.1 Å². The highest BCUT2D eigenvalue weighted by atomic mass is 16.1. The number of carbonyl (C=O) groups excluding carboxylic acids is 1. The number of carbonyl (C=O) groups is 1. The molecule has 1 saturated heterocycles. The second-order valence-corrected chi connectivity index (χ2v) is 4.78. The summed E-state index contributed by atoms with van der Waals surface area (Å²) in [5, 5.41) is 0. The van der Waals surface area contributed by atoms with Crippen LogP contribution in [0.3, 0.4) is 0 Å². The number of hydrogen-bond donors (Lipinski definition) is 0. The molecule has 1 aliphatic heterocycles. The normalized spacial score (nSPS) is 20.6. The minimum absolute atomic E-state index is 0.388. The van der Waals surface area contributed by atoms with Crippen LogP contribution in [-0.4, -0.2) is 33.7 Å². The van der Waals surface area contributed by atoms with Gasteiger partial charge in [0.15, 0.2) is 6.29 Å². The van der Waals surface area contributed by atoms with Gasteiger partial charge in [0.1, 0.15) is 5.82 Å². The average Bonchev–Trinajstić information content (AvgIpc) is 3.03. The molecule has 1 unspecified atom stereocenters. The van der Waals surface area contributed by atoms with Gasteiger partial charge in [-0.1, -0.05) is 6.92 Å². The summed E-state index contributed by atoms with van der Waals surface area (Å²) in [7, 11) is 0. The first-order chi connectivity index (χ1) is 8.83. The lowest BCUT2D eigenvalue weighted by Crippen LogP contribution is -2.24. The number of aromatic nitrogens is 2. The Morgan fingerprint density at radius 2 is 2.39 bits per heavy atom. The maximum Gasteiger partial charge on any atom is 0.151 e. The fourth-order valence-corrected chi connectivity index (χ4v) is 2.84. The van der Waals surface area contributed by atoms with Crippen molar-refractivity contribution >= 4 is 11.8 Å². The van der Waals surface area contributed by atoms with Crippen LogP contribution in [0.2, 0.25) is 0 Å². The molecule has 0 bridgehead atoms. The third-order valence-corrected chi connectivity index (χ3v) is 3.78. The molecule has 0 spiro atoms. The van der Waals surface area contributed by atoms with E-state index in [0.717, 1.165) is 37.1 Å². The first-order valence-electron chi connectivity index (χ1n) is 6.49. The summed E-state index contributed by atoms with van der Waals surface area (Å²) in [6.45, 7) is 4.38. The van der Waals surface area contributed by atoms with Gasteiger partial charge in [-0.25, -0.2) is 4.98 Å². The molecule has 18 heavy (non-hydrogen) atoms. The third kappa shape index (κ3) is 1.73. The molecule has 0 aromatic carbocycles. The number of hydrogen-bond acceptors (Lipinski definition) is 3. The molecule has 2 aromatic heterocycles. The number of likely N-dealkylation sites (tertiary alicyclic amines) is 1. The predicted octanol–water partition coefficient (Wildman–Crippen LogP) is 2.30. The molecule has 0 amide bonds. The average molecular weight is 243 g/mol. The summed E-state index contributed by atoms with van der Waals surface area (Å²) in [5.74, 6) is 1.06. The lowest BCUT2D eigenvalue weighted by atomic mass is 10.2. The standard InChI is InChI=1S/C14H17N3O/c1-2-16-7-3-4-13(16)14-15-8-12-6-5-11(10-18)9-17(12)14/h5-6,8-10,13H,2-4,7H2,1H3. The first kappa shape index (κ1) is 11.4. The molecule has 4 nitrogen and oxygen atoms in total. The highest BCUT2D eigenvalue weighted by Gasteiger charge is 2.27. The quantitative estimate of drug-likeness (QED) is 0.776. The van der Waals surface area contributed by atoms with E-state index in [1.807, 2.05) is 24.5 Å². The van der Waals surface area contributed by atoms with Gasteiger partial charge in [-0.05, 0) is 38.1 Å². The molecule has 3 rings (SSSR count). The smallest absolute Gasteiger partial charge is 0.151 e. The Bertz CT molecular complexity index is 575. The fourth-order valence-electron chi connectivity index (χ4n) is 2.84. The minimum atomic E-state index is 0.388. The van der Waals surface area contributed by atoms with Gasteiger partial charge >= 0.3 is 0 Å². The summed E-state index contributed by atoms with van der Waals surface area (Å²) < 4.78 is 2.06. The second-order valence-electron chi connectivity index (χ2n) is 4.78. The number of fused-ring (bicyclic) bond motifs is 1. The lowest BCUT2D eigenvalue weighted by molar-refractivity contribution is 0.112. The Hall–Kier alpha value is -1.68. The molecule has 0 radical (unpaired) electrons. The Morgan fingerprint density at radius 1 is 1.50 bits per heavy atom. The topological polar surface area (TPSA) is 37.6 Å². The van der Waals surface area contributed by atoms with Crippen LogP contribution in [0.1, 0.15) is 42.0 Å². The van der Waals surface area contributed by atoms with E-state index in [1.54, 1.807) is 0 Å². The van der Waals surface area contributed by atoms with Crippen molar-refractivity contribution in [1.82, 2.24) is 14.3 Å². The van der Waals surface area contributed by atoms with Gasteiger partial charge in [0.05, 0.1) is 17.8 Å². The van der Waals surface area contributed by atoms with E-state index in [4.69, 9.17) is 0 Å². The van der Waals surface area contributed by atoms with Crippen molar-refractivity contribution < 1.29 is 4.79 Å². The van der Waals surface area contributed by atoms with Crippen molar-refractivity contribution in [3.8, 4) is 0 Å². The predicted molar refractivity (Wildman–Crippen MR) is 69.8 cm³/mol.